The SMILES string of the molecule is CCC(=O)OC1(C(=O)SC(=O)N(C)C)C(C)=CC2C3C[C@H](F)C4=CC(=O)C=C[C@]4(C)[C@@]3(F)[C@@H](O)C[C@@]21C. The second-order valence-electron chi connectivity index (χ2n) is 11.2. The minimum atomic E-state index is -2.36. The van der Waals surface area contributed by atoms with Gasteiger partial charge in [0.2, 0.25) is 10.7 Å². The molecule has 1 N–H and O–H groups in total. The molecule has 2 fully saturated rings. The van der Waals surface area contributed by atoms with Crippen molar-refractivity contribution in [2.45, 2.75) is 70.5 Å². The standard InChI is InChI=1S/C27H33F2NO6S/c1-7-21(33)36-27(22(34)37-23(35)30(5)6)14(2)10-16-17-12-19(28)18-11-15(31)8-9-24(18,3)26(17,29)20(32)13-25(16,27)4/h8-11,16-17,19-20,32H,7,12-13H2,1-6H3/t16?,17?,19-,20-,24-,25-,26-,27?/m0/s1. The first-order valence-electron chi connectivity index (χ1n) is 12.4. The van der Waals surface area contributed by atoms with E-state index in [0.717, 1.165) is 6.08 Å². The molecule has 4 rings (SSSR count). The number of ether oxygens (including phenoxy) is 1. The Hall–Kier alpha value is -2.33. The molecular weight excluding hydrogens is 504 g/mol. The summed E-state index contributed by atoms with van der Waals surface area (Å²) < 4.78 is 38.9. The number of fused-ring (bicyclic) bond motifs is 5. The maximum absolute atomic E-state index is 17.4. The molecule has 37 heavy (non-hydrogen) atoms. The van der Waals surface area contributed by atoms with Crippen molar-refractivity contribution >= 4 is 33.9 Å². The molecule has 0 aromatic carbocycles. The van der Waals surface area contributed by atoms with Crippen molar-refractivity contribution in [1.29, 1.82) is 0 Å². The average Bonchev–Trinajstić information content (AvgIpc) is 3.04. The van der Waals surface area contributed by atoms with Gasteiger partial charge in [-0.2, -0.15) is 0 Å². The topological polar surface area (TPSA) is 101 Å². The molecule has 10 heteroatoms. The normalized spacial score (nSPS) is 42.1. The third-order valence-electron chi connectivity index (χ3n) is 9.06. The van der Waals surface area contributed by atoms with Crippen LogP contribution in [0.4, 0.5) is 13.6 Å². The Labute approximate surface area is 219 Å². The molecule has 2 saturated carbocycles. The number of carbonyl (C=O) groups is 4. The van der Waals surface area contributed by atoms with Crippen molar-refractivity contribution in [3.63, 3.8) is 0 Å². The van der Waals surface area contributed by atoms with Crippen LogP contribution in [0.5, 0.6) is 0 Å². The first kappa shape index (κ1) is 27.7. The number of aliphatic hydroxyl groups is 1. The number of thioether (sulfide) groups is 1. The zero-order valence-electron chi connectivity index (χ0n) is 21.8. The lowest BCUT2D eigenvalue weighted by Gasteiger charge is -2.63. The number of alkyl halides is 2. The van der Waals surface area contributed by atoms with Gasteiger partial charge in [0.15, 0.2) is 11.5 Å². The Morgan fingerprint density at radius 1 is 1.27 bits per heavy atom. The van der Waals surface area contributed by atoms with Gasteiger partial charge in [-0.15, -0.1) is 0 Å². The summed E-state index contributed by atoms with van der Waals surface area (Å²) in [6, 6.07) is 0. The van der Waals surface area contributed by atoms with E-state index in [9.17, 15) is 24.3 Å². The molecule has 8 atom stereocenters. The number of ketones is 1. The summed E-state index contributed by atoms with van der Waals surface area (Å²) in [7, 11) is 2.96. The Kier molecular flexibility index (Phi) is 6.64. The summed E-state index contributed by atoms with van der Waals surface area (Å²) in [5.41, 5.74) is -6.95. The van der Waals surface area contributed by atoms with E-state index in [1.165, 1.54) is 38.1 Å². The van der Waals surface area contributed by atoms with Crippen molar-refractivity contribution < 1.29 is 37.8 Å². The van der Waals surface area contributed by atoms with Crippen molar-refractivity contribution in [2.75, 3.05) is 14.1 Å². The molecule has 0 heterocycles. The van der Waals surface area contributed by atoms with Gasteiger partial charge >= 0.3 is 5.97 Å². The van der Waals surface area contributed by atoms with Crippen molar-refractivity contribution in [3.05, 3.63) is 35.5 Å². The van der Waals surface area contributed by atoms with E-state index in [-0.39, 0.29) is 24.8 Å². The molecule has 0 saturated heterocycles. The molecule has 0 bridgehead atoms. The van der Waals surface area contributed by atoms with Gasteiger partial charge in [0.25, 0.3) is 5.24 Å². The number of hydrogen-bond donors (Lipinski definition) is 1. The van der Waals surface area contributed by atoms with Crippen LogP contribution in [0.25, 0.3) is 0 Å². The first-order valence-corrected chi connectivity index (χ1v) is 13.2. The van der Waals surface area contributed by atoms with Gasteiger partial charge in [-0.1, -0.05) is 26.0 Å². The lowest BCUT2D eigenvalue weighted by molar-refractivity contribution is -0.222. The summed E-state index contributed by atoms with van der Waals surface area (Å²) in [5.74, 6) is -3.03. The molecule has 202 valence electrons. The van der Waals surface area contributed by atoms with E-state index >= 15 is 8.78 Å². The Balaban J connectivity index is 1.87. The highest BCUT2D eigenvalue weighted by atomic mass is 32.2. The summed E-state index contributed by atoms with van der Waals surface area (Å²) in [6.07, 6.45) is 1.29. The lowest BCUT2D eigenvalue weighted by Crippen LogP contribution is -2.71. The monoisotopic (exact) mass is 537 g/mol. The van der Waals surface area contributed by atoms with Crippen LogP contribution in [0, 0.1) is 22.7 Å². The number of allylic oxidation sites excluding steroid dienone is 5. The van der Waals surface area contributed by atoms with Crippen LogP contribution in [-0.4, -0.2) is 69.8 Å². The number of nitrogens with zero attached hydrogens (tertiary/aromatic N) is 1. The third kappa shape index (κ3) is 3.54. The van der Waals surface area contributed by atoms with Crippen LogP contribution < -0.4 is 0 Å². The minimum absolute atomic E-state index is 0.00742. The van der Waals surface area contributed by atoms with Crippen LogP contribution in [-0.2, 0) is 19.1 Å². The summed E-state index contributed by atoms with van der Waals surface area (Å²) in [4.78, 5) is 52.2. The van der Waals surface area contributed by atoms with Crippen molar-refractivity contribution in [3.8, 4) is 0 Å². The van der Waals surface area contributed by atoms with Gasteiger partial charge in [0.1, 0.15) is 6.17 Å². The summed E-state index contributed by atoms with van der Waals surface area (Å²) in [5, 5.41) is 10.2. The van der Waals surface area contributed by atoms with Crippen LogP contribution in [0.1, 0.15) is 47.0 Å². The zero-order chi connectivity index (χ0) is 27.7. The molecule has 4 aliphatic carbocycles. The Morgan fingerprint density at radius 2 is 1.92 bits per heavy atom. The summed E-state index contributed by atoms with van der Waals surface area (Å²) >= 11 is 0.385. The maximum atomic E-state index is 17.4. The van der Waals surface area contributed by atoms with Crippen molar-refractivity contribution in [1.82, 2.24) is 4.90 Å². The Morgan fingerprint density at radius 3 is 2.51 bits per heavy atom. The quantitative estimate of drug-likeness (QED) is 0.427. The number of rotatable bonds is 3. The average molecular weight is 538 g/mol. The number of aliphatic hydroxyl groups excluding tert-OH is 1. The van der Waals surface area contributed by atoms with Gasteiger partial charge in [-0.3, -0.25) is 19.2 Å². The Bertz CT molecular complexity index is 1170. The largest absolute Gasteiger partial charge is 0.445 e. The second-order valence-corrected chi connectivity index (χ2v) is 12.1. The van der Waals surface area contributed by atoms with Gasteiger partial charge in [-0.05, 0) is 55.9 Å². The molecule has 0 aromatic rings. The molecule has 4 aliphatic rings. The maximum Gasteiger partial charge on any atom is 0.306 e. The van der Waals surface area contributed by atoms with Gasteiger partial charge < -0.3 is 14.7 Å². The molecule has 0 spiro atoms. The number of amides is 1. The zero-order valence-corrected chi connectivity index (χ0v) is 22.7. The molecule has 7 nitrogen and oxygen atoms in total. The van der Waals surface area contributed by atoms with Gasteiger partial charge in [0.05, 0.1) is 6.10 Å². The van der Waals surface area contributed by atoms with Crippen LogP contribution >= 0.6 is 11.8 Å². The summed E-state index contributed by atoms with van der Waals surface area (Å²) in [6.45, 7) is 6.27. The first-order chi connectivity index (χ1) is 17.1. The fraction of sp³-hybridized carbons (Fsp3) is 0.630. The predicted octanol–water partition coefficient (Wildman–Crippen LogP) is 4.10. The molecule has 1 amide bonds. The number of halogens is 2. The van der Waals surface area contributed by atoms with Crippen LogP contribution in [0.15, 0.2) is 35.5 Å². The molecule has 0 aromatic heterocycles. The van der Waals surface area contributed by atoms with Crippen LogP contribution in [0.2, 0.25) is 0 Å². The van der Waals surface area contributed by atoms with E-state index in [2.05, 4.69) is 0 Å². The van der Waals surface area contributed by atoms with E-state index < -0.39 is 68.3 Å². The van der Waals surface area contributed by atoms with E-state index in [1.54, 1.807) is 26.8 Å². The molecule has 3 unspecified atom stereocenters. The minimum Gasteiger partial charge on any atom is -0.445 e. The fourth-order valence-corrected chi connectivity index (χ4v) is 8.05. The number of carbonyl (C=O) groups excluding carboxylic acids is 4. The van der Waals surface area contributed by atoms with Gasteiger partial charge in [-0.25, -0.2) is 8.78 Å². The highest BCUT2D eigenvalue weighted by molar-refractivity contribution is 8.26. The van der Waals surface area contributed by atoms with E-state index in [0.29, 0.717) is 17.3 Å². The van der Waals surface area contributed by atoms with Crippen LogP contribution in [0.3, 0.4) is 0 Å². The molecule has 0 radical (unpaired) electrons. The lowest BCUT2D eigenvalue weighted by atomic mass is 9.44. The van der Waals surface area contributed by atoms with Crippen molar-refractivity contribution in [2.24, 2.45) is 22.7 Å². The molecule has 0 aliphatic heterocycles. The second kappa shape index (κ2) is 8.86. The fourth-order valence-electron chi connectivity index (χ4n) is 7.13. The highest BCUT2D eigenvalue weighted by Gasteiger charge is 2.76. The van der Waals surface area contributed by atoms with E-state index in [1.807, 2.05) is 0 Å². The molecular formula is C27H33F2NO6S. The number of esters is 1. The highest BCUT2D eigenvalue weighted by Crippen LogP contribution is 2.70. The van der Waals surface area contributed by atoms with Gasteiger partial charge in [0, 0.05) is 49.0 Å². The smallest absolute Gasteiger partial charge is 0.306 e. The third-order valence-corrected chi connectivity index (χ3v) is 10.1. The van der Waals surface area contributed by atoms with E-state index in [4.69, 9.17) is 4.74 Å². The predicted molar refractivity (Wildman–Crippen MR) is 134 cm³/mol. The number of hydrogen-bond acceptors (Lipinski definition) is 7.